The monoisotopic (exact) mass is 208 g/mol. The van der Waals surface area contributed by atoms with Gasteiger partial charge in [-0.3, -0.25) is 0 Å². The number of hydrogen-bond acceptors (Lipinski definition) is 1. The van der Waals surface area contributed by atoms with E-state index in [1.165, 1.54) is 11.1 Å². The third kappa shape index (κ3) is 2.23. The van der Waals surface area contributed by atoms with Crippen LogP contribution in [0.25, 0.3) is 0 Å². The summed E-state index contributed by atoms with van der Waals surface area (Å²) in [5, 5.41) is 0.432. The van der Waals surface area contributed by atoms with Gasteiger partial charge in [0.05, 0.1) is 0 Å². The summed E-state index contributed by atoms with van der Waals surface area (Å²) in [5.41, 5.74) is 9.19. The molecule has 0 unspecified atom stereocenters. The molecule has 2 nitrogen and oxygen atoms in total. The first-order valence-corrected chi connectivity index (χ1v) is 5.11. The third-order valence-corrected chi connectivity index (χ3v) is 2.46. The summed E-state index contributed by atoms with van der Waals surface area (Å²) >= 11 is 5.00. The molecule has 0 saturated heterocycles. The Labute approximate surface area is 90.7 Å². The Kier molecular flexibility index (Phi) is 3.47. The van der Waals surface area contributed by atoms with Gasteiger partial charge in [-0.25, -0.2) is 0 Å². The van der Waals surface area contributed by atoms with E-state index < -0.39 is 0 Å². The molecule has 0 fully saturated rings. The highest BCUT2D eigenvalue weighted by molar-refractivity contribution is 7.80. The maximum Gasteiger partial charge on any atom is 0.170 e. The van der Waals surface area contributed by atoms with E-state index in [1.807, 2.05) is 11.8 Å². The highest BCUT2D eigenvalue weighted by Crippen LogP contribution is 2.21. The van der Waals surface area contributed by atoms with Crippen LogP contribution in [0.1, 0.15) is 18.1 Å². The molecule has 0 aromatic heterocycles. The van der Waals surface area contributed by atoms with Gasteiger partial charge in [0.2, 0.25) is 0 Å². The summed E-state index contributed by atoms with van der Waals surface area (Å²) in [6.45, 7) is 6.98. The molecular formula is C11H16N2S. The molecule has 76 valence electrons. The maximum atomic E-state index is 5.66. The van der Waals surface area contributed by atoms with Gasteiger partial charge in [0, 0.05) is 12.2 Å². The lowest BCUT2D eigenvalue weighted by atomic mass is 10.1. The number of benzene rings is 1. The minimum Gasteiger partial charge on any atom is -0.376 e. The third-order valence-electron chi connectivity index (χ3n) is 2.24. The largest absolute Gasteiger partial charge is 0.376 e. The summed E-state index contributed by atoms with van der Waals surface area (Å²) in [7, 11) is 0. The van der Waals surface area contributed by atoms with Gasteiger partial charge in [-0.1, -0.05) is 12.1 Å². The Morgan fingerprint density at radius 2 is 2.07 bits per heavy atom. The van der Waals surface area contributed by atoms with Crippen molar-refractivity contribution < 1.29 is 0 Å². The lowest BCUT2D eigenvalue weighted by molar-refractivity contribution is 1.05. The van der Waals surface area contributed by atoms with Crippen LogP contribution in [0.5, 0.6) is 0 Å². The Morgan fingerprint density at radius 3 is 2.57 bits per heavy atom. The van der Waals surface area contributed by atoms with Gasteiger partial charge >= 0.3 is 0 Å². The number of anilines is 1. The molecule has 0 amide bonds. The molecule has 0 heterocycles. The smallest absolute Gasteiger partial charge is 0.170 e. The van der Waals surface area contributed by atoms with Crippen molar-refractivity contribution in [1.82, 2.24) is 0 Å². The molecule has 1 rings (SSSR count). The van der Waals surface area contributed by atoms with Crippen LogP contribution in [0, 0.1) is 13.8 Å². The number of hydrogen-bond donors (Lipinski definition) is 1. The van der Waals surface area contributed by atoms with Crippen molar-refractivity contribution in [3.8, 4) is 0 Å². The topological polar surface area (TPSA) is 29.3 Å². The molecule has 0 atom stereocenters. The fourth-order valence-corrected chi connectivity index (χ4v) is 1.68. The Morgan fingerprint density at radius 1 is 1.43 bits per heavy atom. The van der Waals surface area contributed by atoms with E-state index in [4.69, 9.17) is 18.0 Å². The van der Waals surface area contributed by atoms with Crippen molar-refractivity contribution in [3.63, 3.8) is 0 Å². The van der Waals surface area contributed by atoms with E-state index in [2.05, 4.69) is 32.0 Å². The summed E-state index contributed by atoms with van der Waals surface area (Å²) in [6.07, 6.45) is 0. The molecule has 0 aliphatic heterocycles. The first kappa shape index (κ1) is 11.0. The first-order chi connectivity index (χ1) is 6.56. The molecule has 1 aromatic rings. The summed E-state index contributed by atoms with van der Waals surface area (Å²) in [6, 6.07) is 6.29. The second-order valence-electron chi connectivity index (χ2n) is 3.37. The van der Waals surface area contributed by atoms with Crippen LogP contribution in [0.4, 0.5) is 5.69 Å². The van der Waals surface area contributed by atoms with Gasteiger partial charge in [0.25, 0.3) is 0 Å². The number of thiocarbonyl (C=S) groups is 1. The Balaban J connectivity index is 3.15. The van der Waals surface area contributed by atoms with Crippen LogP contribution < -0.4 is 10.6 Å². The zero-order valence-corrected chi connectivity index (χ0v) is 9.69. The van der Waals surface area contributed by atoms with Crippen molar-refractivity contribution >= 4 is 23.0 Å². The molecule has 0 aliphatic rings. The van der Waals surface area contributed by atoms with Gasteiger partial charge in [-0.15, -0.1) is 0 Å². The molecule has 0 saturated carbocycles. The first-order valence-electron chi connectivity index (χ1n) is 4.70. The van der Waals surface area contributed by atoms with E-state index in [1.54, 1.807) is 0 Å². The zero-order chi connectivity index (χ0) is 10.7. The van der Waals surface area contributed by atoms with Crippen molar-refractivity contribution in [2.75, 3.05) is 11.4 Å². The van der Waals surface area contributed by atoms with Crippen molar-refractivity contribution in [3.05, 3.63) is 29.3 Å². The minimum absolute atomic E-state index is 0.432. The van der Waals surface area contributed by atoms with E-state index in [0.29, 0.717) is 5.11 Å². The van der Waals surface area contributed by atoms with Crippen LogP contribution in [0.2, 0.25) is 0 Å². The minimum atomic E-state index is 0.432. The predicted molar refractivity (Wildman–Crippen MR) is 65.7 cm³/mol. The van der Waals surface area contributed by atoms with Crippen LogP contribution in [-0.4, -0.2) is 11.7 Å². The number of aryl methyl sites for hydroxylation is 2. The molecule has 0 bridgehead atoms. The fraction of sp³-hybridized carbons (Fsp3) is 0.364. The summed E-state index contributed by atoms with van der Waals surface area (Å²) in [5.74, 6) is 0. The highest BCUT2D eigenvalue weighted by atomic mass is 32.1. The molecule has 2 N–H and O–H groups in total. The van der Waals surface area contributed by atoms with E-state index in [9.17, 15) is 0 Å². The summed E-state index contributed by atoms with van der Waals surface area (Å²) < 4.78 is 0. The second kappa shape index (κ2) is 4.42. The van der Waals surface area contributed by atoms with Crippen LogP contribution in [0.15, 0.2) is 18.2 Å². The molecule has 3 heteroatoms. The SMILES string of the molecule is CCN(C(N)=S)c1cc(C)ccc1C. The van der Waals surface area contributed by atoms with Crippen LogP contribution in [0.3, 0.4) is 0 Å². The van der Waals surface area contributed by atoms with Crippen LogP contribution >= 0.6 is 12.2 Å². The Hall–Kier alpha value is -1.09. The predicted octanol–water partition coefficient (Wildman–Crippen LogP) is 2.37. The van der Waals surface area contributed by atoms with E-state index in [0.717, 1.165) is 12.2 Å². The van der Waals surface area contributed by atoms with Crippen molar-refractivity contribution in [1.29, 1.82) is 0 Å². The second-order valence-corrected chi connectivity index (χ2v) is 3.79. The van der Waals surface area contributed by atoms with Crippen molar-refractivity contribution in [2.45, 2.75) is 20.8 Å². The quantitative estimate of drug-likeness (QED) is 0.757. The van der Waals surface area contributed by atoms with Gasteiger partial charge in [-0.05, 0) is 50.2 Å². The standard InChI is InChI=1S/C11H16N2S/c1-4-13(11(12)14)10-7-8(2)5-6-9(10)3/h5-7H,4H2,1-3H3,(H2,12,14). The summed E-state index contributed by atoms with van der Waals surface area (Å²) in [4.78, 5) is 1.94. The molecule has 0 aliphatic carbocycles. The lowest BCUT2D eigenvalue weighted by Gasteiger charge is -2.23. The molecule has 14 heavy (non-hydrogen) atoms. The average molecular weight is 208 g/mol. The van der Waals surface area contributed by atoms with Gasteiger partial charge in [0.1, 0.15) is 0 Å². The number of rotatable bonds is 2. The molecule has 0 radical (unpaired) electrons. The average Bonchev–Trinajstić information content (AvgIpc) is 2.11. The highest BCUT2D eigenvalue weighted by Gasteiger charge is 2.09. The van der Waals surface area contributed by atoms with Gasteiger partial charge in [0.15, 0.2) is 5.11 Å². The van der Waals surface area contributed by atoms with E-state index >= 15 is 0 Å². The number of nitrogens with two attached hydrogens (primary N) is 1. The Bertz CT molecular complexity index is 347. The maximum absolute atomic E-state index is 5.66. The molecule has 0 spiro atoms. The van der Waals surface area contributed by atoms with E-state index in [-0.39, 0.29) is 0 Å². The lowest BCUT2D eigenvalue weighted by Crippen LogP contribution is -2.35. The van der Waals surface area contributed by atoms with Crippen LogP contribution in [-0.2, 0) is 0 Å². The molecule has 1 aromatic carbocycles. The van der Waals surface area contributed by atoms with Gasteiger partial charge in [-0.2, -0.15) is 0 Å². The van der Waals surface area contributed by atoms with Crippen molar-refractivity contribution in [2.24, 2.45) is 5.73 Å². The number of nitrogens with zero attached hydrogens (tertiary/aromatic N) is 1. The normalized spacial score (nSPS) is 9.93. The fourth-order valence-electron chi connectivity index (χ4n) is 1.46. The zero-order valence-electron chi connectivity index (χ0n) is 8.87. The van der Waals surface area contributed by atoms with Gasteiger partial charge < -0.3 is 10.6 Å². The molecular weight excluding hydrogens is 192 g/mol.